The third-order valence-corrected chi connectivity index (χ3v) is 13.2. The number of piperidine rings is 1. The highest BCUT2D eigenvalue weighted by molar-refractivity contribution is 5.88. The molecule has 346 valence electrons. The molecule has 1 aliphatic rings. The smallest absolute Gasteiger partial charge is 0.305 e. The Morgan fingerprint density at radius 2 is 1.12 bits per heavy atom. The predicted octanol–water partition coefficient (Wildman–Crippen LogP) is 12.8. The van der Waals surface area contributed by atoms with Crippen LogP contribution in [0.3, 0.4) is 0 Å². The van der Waals surface area contributed by atoms with Crippen molar-refractivity contribution in [3.05, 3.63) is 29.8 Å². The maximum absolute atomic E-state index is 14.8. The average molecular weight is 840 g/mol. The molecule has 1 atom stereocenters. The van der Waals surface area contributed by atoms with Crippen molar-refractivity contribution in [1.82, 2.24) is 15.1 Å². The Balaban J connectivity index is 2.14. The molecule has 8 heteroatoms. The largest absolute Gasteiger partial charge is 0.497 e. The number of ether oxygens (including phenoxy) is 2. The monoisotopic (exact) mass is 840 g/mol. The number of hydrogen-bond donors (Lipinski definition) is 1. The third kappa shape index (κ3) is 24.1. The van der Waals surface area contributed by atoms with Crippen LogP contribution in [0.1, 0.15) is 219 Å². The van der Waals surface area contributed by atoms with Crippen molar-refractivity contribution in [1.29, 1.82) is 0 Å². The molecule has 0 radical (unpaired) electrons. The first-order chi connectivity index (χ1) is 29.4. The Morgan fingerprint density at radius 3 is 1.58 bits per heavy atom. The van der Waals surface area contributed by atoms with Gasteiger partial charge in [-0.15, -0.1) is 0 Å². The van der Waals surface area contributed by atoms with E-state index in [1.165, 1.54) is 128 Å². The van der Waals surface area contributed by atoms with E-state index in [-0.39, 0.29) is 29.7 Å². The van der Waals surface area contributed by atoms with Crippen LogP contribution in [0.25, 0.3) is 0 Å². The molecule has 8 nitrogen and oxygen atoms in total. The lowest BCUT2D eigenvalue weighted by Crippen LogP contribution is -2.58. The van der Waals surface area contributed by atoms with Gasteiger partial charge >= 0.3 is 5.97 Å². The standard InChI is InChI=1S/C52H93N3O5/c1-6-9-11-13-23-27-31-47(32-28-24-14-12-10-7-2)55(49(56)33-29-25-21-19-17-15-16-18-20-22-26-30-34-50(57)60-5)51(46-40-43-54(8-3)44-41-46)52(58)53-42-39-45-35-37-48(59-4)38-36-45/h35-38,46-47,51H,6-34,39-44H2,1-5H3,(H,53,58). The number of methoxy groups -OCH3 is 2. The average Bonchev–Trinajstić information content (AvgIpc) is 3.27. The number of carbonyl (C=O) groups is 3. The van der Waals surface area contributed by atoms with Crippen molar-refractivity contribution in [2.45, 2.75) is 232 Å². The zero-order chi connectivity index (χ0) is 43.5. The van der Waals surface area contributed by atoms with Crippen LogP contribution in [-0.4, -0.2) is 80.1 Å². The summed E-state index contributed by atoms with van der Waals surface area (Å²) < 4.78 is 10.1. The summed E-state index contributed by atoms with van der Waals surface area (Å²) in [6.07, 6.45) is 34.6. The number of likely N-dealkylation sites (tertiary alicyclic amines) is 1. The van der Waals surface area contributed by atoms with E-state index in [4.69, 9.17) is 9.47 Å². The van der Waals surface area contributed by atoms with Crippen LogP contribution in [0.4, 0.5) is 0 Å². The van der Waals surface area contributed by atoms with E-state index >= 15 is 0 Å². The van der Waals surface area contributed by atoms with E-state index in [0.717, 1.165) is 96.0 Å². The SMILES string of the molecule is CCCCCCCCC(CCCCCCCC)N(C(=O)CCCCCCCCCCCCCCC(=O)OC)C(C(=O)NCCc1ccc(OC)cc1)C1CCN(CC)CC1. The van der Waals surface area contributed by atoms with Crippen molar-refractivity contribution in [3.8, 4) is 5.75 Å². The molecule has 0 bridgehead atoms. The highest BCUT2D eigenvalue weighted by atomic mass is 16.5. The summed E-state index contributed by atoms with van der Waals surface area (Å²) in [7, 11) is 3.15. The zero-order valence-corrected chi connectivity index (χ0v) is 39.7. The number of nitrogens with one attached hydrogen (secondary N) is 1. The fourth-order valence-corrected chi connectivity index (χ4v) is 9.25. The van der Waals surface area contributed by atoms with Crippen LogP contribution in [0.15, 0.2) is 24.3 Å². The first-order valence-electron chi connectivity index (χ1n) is 25.4. The van der Waals surface area contributed by atoms with E-state index < -0.39 is 6.04 Å². The van der Waals surface area contributed by atoms with E-state index in [9.17, 15) is 14.4 Å². The van der Waals surface area contributed by atoms with Gasteiger partial charge in [-0.1, -0.05) is 174 Å². The maximum atomic E-state index is 14.8. The summed E-state index contributed by atoms with van der Waals surface area (Å²) in [4.78, 5) is 45.6. The lowest BCUT2D eigenvalue weighted by atomic mass is 9.85. The molecule has 0 saturated carbocycles. The molecule has 0 aliphatic carbocycles. The molecular formula is C52H93N3O5. The normalized spacial score (nSPS) is 14.0. The lowest BCUT2D eigenvalue weighted by molar-refractivity contribution is -0.147. The van der Waals surface area contributed by atoms with Crippen LogP contribution < -0.4 is 10.1 Å². The highest BCUT2D eigenvalue weighted by Crippen LogP contribution is 2.31. The number of hydrogen-bond acceptors (Lipinski definition) is 6. The molecule has 60 heavy (non-hydrogen) atoms. The molecule has 1 aromatic rings. The fraction of sp³-hybridized carbons (Fsp3) is 0.827. The van der Waals surface area contributed by atoms with Crippen molar-refractivity contribution in [3.63, 3.8) is 0 Å². The molecule has 1 saturated heterocycles. The van der Waals surface area contributed by atoms with Gasteiger partial charge in [-0.3, -0.25) is 14.4 Å². The molecule has 2 rings (SSSR count). The van der Waals surface area contributed by atoms with Gasteiger partial charge in [-0.2, -0.15) is 0 Å². The molecule has 1 aromatic carbocycles. The van der Waals surface area contributed by atoms with E-state index in [0.29, 0.717) is 19.4 Å². The van der Waals surface area contributed by atoms with Crippen molar-refractivity contribution < 1.29 is 23.9 Å². The van der Waals surface area contributed by atoms with Gasteiger partial charge in [0.15, 0.2) is 0 Å². The van der Waals surface area contributed by atoms with E-state index in [2.05, 4.69) is 48.0 Å². The number of nitrogens with zero attached hydrogens (tertiary/aromatic N) is 2. The molecule has 1 aliphatic heterocycles. The summed E-state index contributed by atoms with van der Waals surface area (Å²) in [6.45, 7) is 10.4. The fourth-order valence-electron chi connectivity index (χ4n) is 9.25. The van der Waals surface area contributed by atoms with Crippen molar-refractivity contribution >= 4 is 17.8 Å². The Morgan fingerprint density at radius 1 is 0.650 bits per heavy atom. The molecule has 1 N–H and O–H groups in total. The highest BCUT2D eigenvalue weighted by Gasteiger charge is 2.40. The summed E-state index contributed by atoms with van der Waals surface area (Å²) in [5.74, 6) is 1.19. The second-order valence-electron chi connectivity index (χ2n) is 18.0. The Hall–Kier alpha value is -2.61. The van der Waals surface area contributed by atoms with Gasteiger partial charge in [0, 0.05) is 25.4 Å². The van der Waals surface area contributed by atoms with Crippen LogP contribution in [0, 0.1) is 5.92 Å². The predicted molar refractivity (Wildman–Crippen MR) is 252 cm³/mol. The minimum Gasteiger partial charge on any atom is -0.497 e. The molecule has 1 unspecified atom stereocenters. The zero-order valence-electron chi connectivity index (χ0n) is 39.7. The lowest BCUT2D eigenvalue weighted by Gasteiger charge is -2.44. The van der Waals surface area contributed by atoms with Gasteiger partial charge in [-0.25, -0.2) is 0 Å². The second-order valence-corrected chi connectivity index (χ2v) is 18.0. The first kappa shape index (κ1) is 53.5. The van der Waals surface area contributed by atoms with Crippen LogP contribution in [-0.2, 0) is 25.5 Å². The quantitative estimate of drug-likeness (QED) is 0.0527. The van der Waals surface area contributed by atoms with Crippen molar-refractivity contribution in [2.75, 3.05) is 40.4 Å². The maximum Gasteiger partial charge on any atom is 0.305 e. The molecule has 2 amide bonds. The third-order valence-electron chi connectivity index (χ3n) is 13.2. The number of esters is 1. The second kappa shape index (κ2) is 35.9. The summed E-state index contributed by atoms with van der Waals surface area (Å²) in [6, 6.07) is 7.83. The number of rotatable bonds is 38. The van der Waals surface area contributed by atoms with Gasteiger partial charge < -0.3 is 24.6 Å². The molecule has 1 heterocycles. The summed E-state index contributed by atoms with van der Waals surface area (Å²) in [5.41, 5.74) is 1.17. The molecule has 1 fully saturated rings. The summed E-state index contributed by atoms with van der Waals surface area (Å²) >= 11 is 0. The van der Waals surface area contributed by atoms with E-state index in [1.807, 2.05) is 12.1 Å². The van der Waals surface area contributed by atoms with Crippen LogP contribution in [0.5, 0.6) is 5.75 Å². The van der Waals surface area contributed by atoms with Gasteiger partial charge in [0.05, 0.1) is 14.2 Å². The van der Waals surface area contributed by atoms with Gasteiger partial charge in [0.1, 0.15) is 11.8 Å². The topological polar surface area (TPSA) is 88.2 Å². The number of benzene rings is 1. The van der Waals surface area contributed by atoms with Crippen LogP contribution >= 0.6 is 0 Å². The van der Waals surface area contributed by atoms with E-state index in [1.54, 1.807) is 7.11 Å². The number of amides is 2. The Labute approximate surface area is 369 Å². The van der Waals surface area contributed by atoms with Gasteiger partial charge in [-0.05, 0) is 88.2 Å². The molecular weight excluding hydrogens is 747 g/mol. The number of carbonyl (C=O) groups excluding carboxylic acids is 3. The van der Waals surface area contributed by atoms with Crippen molar-refractivity contribution in [2.24, 2.45) is 5.92 Å². The minimum atomic E-state index is -0.412. The van der Waals surface area contributed by atoms with Crippen LogP contribution in [0.2, 0.25) is 0 Å². The summed E-state index contributed by atoms with van der Waals surface area (Å²) in [5, 5.41) is 3.38. The van der Waals surface area contributed by atoms with Gasteiger partial charge in [0.25, 0.3) is 0 Å². The Bertz CT molecular complexity index is 1180. The van der Waals surface area contributed by atoms with Gasteiger partial charge in [0.2, 0.25) is 11.8 Å². The minimum absolute atomic E-state index is 0.0592. The Kier molecular flexibility index (Phi) is 32.1. The molecule has 0 spiro atoms. The number of unbranched alkanes of at least 4 members (excludes halogenated alkanes) is 21. The first-order valence-corrected chi connectivity index (χ1v) is 25.4. The molecule has 0 aromatic heterocycles.